The van der Waals surface area contributed by atoms with Gasteiger partial charge in [-0.3, -0.25) is 0 Å². The molecule has 1 aromatic carbocycles. The van der Waals surface area contributed by atoms with Crippen molar-refractivity contribution in [2.45, 2.75) is 4.90 Å². The van der Waals surface area contributed by atoms with Gasteiger partial charge in [0.2, 0.25) is 10.0 Å². The van der Waals surface area contributed by atoms with Gasteiger partial charge in [0.25, 0.3) is 0 Å². The number of piperazine rings is 1. The number of sulfonamides is 1. The highest BCUT2D eigenvalue weighted by molar-refractivity contribution is 7.89. The van der Waals surface area contributed by atoms with Gasteiger partial charge in [-0.15, -0.1) is 6.58 Å². The van der Waals surface area contributed by atoms with Gasteiger partial charge in [0, 0.05) is 32.7 Å². The molecule has 1 aromatic rings. The summed E-state index contributed by atoms with van der Waals surface area (Å²) in [4.78, 5) is 0.906. The van der Waals surface area contributed by atoms with Gasteiger partial charge in [-0.2, -0.15) is 4.31 Å². The van der Waals surface area contributed by atoms with Crippen LogP contribution in [0.5, 0.6) is 0 Å². The summed E-state index contributed by atoms with van der Waals surface area (Å²) in [5.41, 5.74) is 0. The van der Waals surface area contributed by atoms with Crippen LogP contribution in [0.3, 0.4) is 0 Å². The van der Waals surface area contributed by atoms with E-state index in [9.17, 15) is 17.2 Å². The second-order valence-corrected chi connectivity index (χ2v) is 7.18. The second kappa shape index (κ2) is 7.33. The number of nitrogens with zero attached hydrogens (tertiary/aromatic N) is 2. The first kappa shape index (κ1) is 17.8. The van der Waals surface area contributed by atoms with Gasteiger partial charge in [0.05, 0.1) is 0 Å². The quantitative estimate of drug-likeness (QED) is 0.648. The van der Waals surface area contributed by atoms with Crippen LogP contribution in [0.2, 0.25) is 0 Å². The van der Waals surface area contributed by atoms with Crippen LogP contribution in [-0.4, -0.2) is 55.5 Å². The molecule has 0 spiro atoms. The summed E-state index contributed by atoms with van der Waals surface area (Å²) < 4.78 is 53.5. The van der Waals surface area contributed by atoms with E-state index in [-0.39, 0.29) is 13.1 Å². The molecule has 1 aliphatic rings. The van der Waals surface area contributed by atoms with E-state index < -0.39 is 26.6 Å². The number of rotatable bonds is 4. The van der Waals surface area contributed by atoms with Crippen molar-refractivity contribution in [3.8, 4) is 0 Å². The van der Waals surface area contributed by atoms with E-state index in [4.69, 9.17) is 12.2 Å². The van der Waals surface area contributed by atoms with Crippen molar-refractivity contribution < 1.29 is 17.2 Å². The van der Waals surface area contributed by atoms with E-state index in [1.165, 1.54) is 0 Å². The fourth-order valence-electron chi connectivity index (χ4n) is 2.26. The predicted octanol–water partition coefficient (Wildman–Crippen LogP) is 1.33. The van der Waals surface area contributed by atoms with E-state index >= 15 is 0 Å². The van der Waals surface area contributed by atoms with E-state index in [1.807, 2.05) is 4.90 Å². The first-order valence-electron chi connectivity index (χ1n) is 6.95. The molecule has 1 saturated heterocycles. The van der Waals surface area contributed by atoms with Crippen molar-refractivity contribution in [1.82, 2.24) is 14.5 Å². The number of hydrogen-bond acceptors (Lipinski definition) is 3. The number of nitrogens with one attached hydrogen (secondary N) is 1. The maximum absolute atomic E-state index is 13.7. The molecule has 0 radical (unpaired) electrons. The van der Waals surface area contributed by atoms with Crippen LogP contribution < -0.4 is 5.32 Å². The van der Waals surface area contributed by atoms with Gasteiger partial charge >= 0.3 is 0 Å². The minimum absolute atomic E-state index is 0.103. The highest BCUT2D eigenvalue weighted by atomic mass is 32.2. The first-order valence-corrected chi connectivity index (χ1v) is 8.80. The van der Waals surface area contributed by atoms with E-state index in [0.717, 1.165) is 22.5 Å². The molecule has 1 N–H and O–H groups in total. The second-order valence-electron chi connectivity index (χ2n) is 4.92. The molecular formula is C14H17F2N3O2S2. The van der Waals surface area contributed by atoms with Gasteiger partial charge in [0.1, 0.15) is 11.6 Å². The molecule has 0 atom stereocenters. The normalized spacial score (nSPS) is 16.2. The Hall–Kier alpha value is -1.58. The molecule has 1 aliphatic heterocycles. The van der Waals surface area contributed by atoms with Crippen LogP contribution in [0.4, 0.5) is 8.78 Å². The number of benzene rings is 1. The molecule has 1 heterocycles. The maximum Gasteiger partial charge on any atom is 0.249 e. The van der Waals surface area contributed by atoms with E-state index in [0.29, 0.717) is 24.7 Å². The third-order valence-electron chi connectivity index (χ3n) is 3.44. The SMILES string of the molecule is C=CCNC(=S)N1CCN(S(=O)(=O)c2c(F)cccc2F)CC1. The summed E-state index contributed by atoms with van der Waals surface area (Å²) in [7, 11) is -4.21. The smallest absolute Gasteiger partial charge is 0.249 e. The summed E-state index contributed by atoms with van der Waals surface area (Å²) in [6.45, 7) is 4.98. The number of halogens is 2. The molecule has 0 bridgehead atoms. The van der Waals surface area contributed by atoms with Gasteiger partial charge in [-0.1, -0.05) is 12.1 Å². The minimum atomic E-state index is -4.21. The zero-order chi connectivity index (χ0) is 17.0. The van der Waals surface area contributed by atoms with Gasteiger partial charge in [-0.05, 0) is 24.4 Å². The standard InChI is InChI=1S/C14H17F2N3O2S2/c1-2-6-17-14(22)18-7-9-19(10-8-18)23(20,21)13-11(15)4-3-5-12(13)16/h2-5H,1,6-10H2,(H,17,22). The maximum atomic E-state index is 13.7. The molecule has 23 heavy (non-hydrogen) atoms. The van der Waals surface area contributed by atoms with E-state index in [2.05, 4.69) is 11.9 Å². The highest BCUT2D eigenvalue weighted by Crippen LogP contribution is 2.23. The Bertz CT molecular complexity index is 682. The highest BCUT2D eigenvalue weighted by Gasteiger charge is 2.33. The van der Waals surface area contributed by atoms with Crippen molar-refractivity contribution in [2.75, 3.05) is 32.7 Å². The lowest BCUT2D eigenvalue weighted by Crippen LogP contribution is -2.53. The molecule has 1 fully saturated rings. The average Bonchev–Trinajstić information content (AvgIpc) is 2.52. The van der Waals surface area contributed by atoms with Gasteiger partial charge in [-0.25, -0.2) is 17.2 Å². The third kappa shape index (κ3) is 3.85. The summed E-state index contributed by atoms with van der Waals surface area (Å²) in [6.07, 6.45) is 1.66. The Balaban J connectivity index is 2.10. The Morgan fingerprint density at radius 1 is 1.26 bits per heavy atom. The van der Waals surface area contributed by atoms with Crippen LogP contribution in [0.25, 0.3) is 0 Å². The predicted molar refractivity (Wildman–Crippen MR) is 87.5 cm³/mol. The summed E-state index contributed by atoms with van der Waals surface area (Å²) in [6, 6.07) is 2.99. The van der Waals surface area contributed by atoms with Crippen molar-refractivity contribution in [2.24, 2.45) is 0 Å². The Labute approximate surface area is 139 Å². The summed E-state index contributed by atoms with van der Waals surface area (Å²) in [5, 5.41) is 3.46. The number of hydrogen-bond donors (Lipinski definition) is 1. The van der Waals surface area contributed by atoms with Crippen molar-refractivity contribution in [3.05, 3.63) is 42.5 Å². The lowest BCUT2D eigenvalue weighted by molar-refractivity contribution is 0.263. The van der Waals surface area contributed by atoms with Crippen LogP contribution in [0, 0.1) is 11.6 Å². The van der Waals surface area contributed by atoms with Gasteiger partial charge < -0.3 is 10.2 Å². The molecule has 0 saturated carbocycles. The fourth-order valence-corrected chi connectivity index (χ4v) is 4.06. The fraction of sp³-hybridized carbons (Fsp3) is 0.357. The topological polar surface area (TPSA) is 52.6 Å². The summed E-state index contributed by atoms with van der Waals surface area (Å²) in [5.74, 6) is -2.17. The third-order valence-corrected chi connectivity index (χ3v) is 5.79. The monoisotopic (exact) mass is 361 g/mol. The molecule has 0 aromatic heterocycles. The average molecular weight is 361 g/mol. The largest absolute Gasteiger partial charge is 0.359 e. The molecule has 9 heteroatoms. The molecule has 2 rings (SSSR count). The Morgan fingerprint density at radius 3 is 2.35 bits per heavy atom. The molecule has 5 nitrogen and oxygen atoms in total. The molecule has 0 unspecified atom stereocenters. The molecule has 0 aliphatic carbocycles. The van der Waals surface area contributed by atoms with Crippen LogP contribution in [0.15, 0.2) is 35.7 Å². The first-order chi connectivity index (χ1) is 10.9. The lowest BCUT2D eigenvalue weighted by atomic mass is 10.3. The lowest BCUT2D eigenvalue weighted by Gasteiger charge is -2.35. The summed E-state index contributed by atoms with van der Waals surface area (Å²) >= 11 is 5.19. The van der Waals surface area contributed by atoms with Crippen molar-refractivity contribution >= 4 is 27.4 Å². The van der Waals surface area contributed by atoms with Crippen molar-refractivity contribution in [3.63, 3.8) is 0 Å². The van der Waals surface area contributed by atoms with Crippen molar-refractivity contribution in [1.29, 1.82) is 0 Å². The Morgan fingerprint density at radius 2 is 1.83 bits per heavy atom. The zero-order valence-electron chi connectivity index (χ0n) is 12.3. The van der Waals surface area contributed by atoms with E-state index in [1.54, 1.807) is 6.08 Å². The Kier molecular flexibility index (Phi) is 5.66. The molecule has 0 amide bonds. The molecule has 126 valence electrons. The van der Waals surface area contributed by atoms with Gasteiger partial charge in [0.15, 0.2) is 10.0 Å². The molecular weight excluding hydrogens is 344 g/mol. The van der Waals surface area contributed by atoms with Crippen LogP contribution in [-0.2, 0) is 10.0 Å². The minimum Gasteiger partial charge on any atom is -0.359 e. The zero-order valence-corrected chi connectivity index (χ0v) is 14.0. The number of thiocarbonyl (C=S) groups is 1. The van der Waals surface area contributed by atoms with Crippen LogP contribution >= 0.6 is 12.2 Å². The van der Waals surface area contributed by atoms with Crippen LogP contribution in [0.1, 0.15) is 0 Å².